The summed E-state index contributed by atoms with van der Waals surface area (Å²) in [6.07, 6.45) is 6.22. The normalized spacial score (nSPS) is 10.6. The van der Waals surface area contributed by atoms with Gasteiger partial charge in [0.15, 0.2) is 0 Å². The fourth-order valence-corrected chi connectivity index (χ4v) is 2.76. The van der Waals surface area contributed by atoms with Gasteiger partial charge in [-0.15, -0.1) is 0 Å². The fourth-order valence-electron chi connectivity index (χ4n) is 2.76. The number of ketones is 1. The summed E-state index contributed by atoms with van der Waals surface area (Å²) in [5.74, 6) is 0.552. The number of Topliss-reactive ketones (excluding diaryl/α,β-unsaturated/α-hetero) is 1. The molecule has 3 aromatic rings. The van der Waals surface area contributed by atoms with Gasteiger partial charge >= 0.3 is 0 Å². The van der Waals surface area contributed by atoms with E-state index in [-0.39, 0.29) is 11.5 Å². The van der Waals surface area contributed by atoms with Crippen LogP contribution in [0, 0.1) is 0 Å². The van der Waals surface area contributed by atoms with Crippen molar-refractivity contribution in [1.29, 1.82) is 0 Å². The third-order valence-electron chi connectivity index (χ3n) is 4.26. The average Bonchev–Trinajstić information content (AvgIpc) is 2.67. The minimum Gasteiger partial charge on any atom is -0.508 e. The van der Waals surface area contributed by atoms with Crippen molar-refractivity contribution in [1.82, 2.24) is 4.98 Å². The highest BCUT2D eigenvalue weighted by molar-refractivity contribution is 5.78. The first-order valence-electron chi connectivity index (χ1n) is 8.50. The second-order valence-corrected chi connectivity index (χ2v) is 6.14. The maximum atomic E-state index is 12.1. The SMILES string of the molecule is O=C(CCc1ccc(-c2ccc(O)cc2)cc1)CCc1cccnc1. The Labute approximate surface area is 148 Å². The Bertz CT molecular complexity index is 809. The van der Waals surface area contributed by atoms with Crippen LogP contribution in [0.1, 0.15) is 24.0 Å². The third kappa shape index (κ3) is 5.01. The maximum absolute atomic E-state index is 12.1. The Hall–Kier alpha value is -2.94. The van der Waals surface area contributed by atoms with Gasteiger partial charge in [0.05, 0.1) is 0 Å². The molecule has 2 aromatic carbocycles. The number of aryl methyl sites for hydroxylation is 2. The van der Waals surface area contributed by atoms with Gasteiger partial charge in [0.25, 0.3) is 0 Å². The van der Waals surface area contributed by atoms with Crippen LogP contribution in [0.5, 0.6) is 5.75 Å². The van der Waals surface area contributed by atoms with Crippen LogP contribution in [0.4, 0.5) is 0 Å². The van der Waals surface area contributed by atoms with Gasteiger partial charge in [-0.2, -0.15) is 0 Å². The Morgan fingerprint density at radius 3 is 2.00 bits per heavy atom. The van der Waals surface area contributed by atoms with E-state index >= 15 is 0 Å². The zero-order valence-corrected chi connectivity index (χ0v) is 14.1. The highest BCUT2D eigenvalue weighted by Crippen LogP contribution is 2.22. The van der Waals surface area contributed by atoms with Crippen LogP contribution < -0.4 is 0 Å². The van der Waals surface area contributed by atoms with Crippen LogP contribution in [0.3, 0.4) is 0 Å². The van der Waals surface area contributed by atoms with Crippen molar-refractivity contribution in [2.75, 3.05) is 0 Å². The van der Waals surface area contributed by atoms with Crippen LogP contribution in [0.2, 0.25) is 0 Å². The molecule has 0 aliphatic rings. The van der Waals surface area contributed by atoms with Crippen molar-refractivity contribution in [3.63, 3.8) is 0 Å². The molecule has 25 heavy (non-hydrogen) atoms. The Balaban J connectivity index is 1.50. The molecule has 0 fully saturated rings. The summed E-state index contributed by atoms with van der Waals surface area (Å²) in [7, 11) is 0. The van der Waals surface area contributed by atoms with Crippen LogP contribution in [0.15, 0.2) is 73.1 Å². The number of nitrogens with zero attached hydrogens (tertiary/aromatic N) is 1. The van der Waals surface area contributed by atoms with Gasteiger partial charge in [-0.3, -0.25) is 9.78 Å². The van der Waals surface area contributed by atoms with Gasteiger partial charge in [-0.25, -0.2) is 0 Å². The summed E-state index contributed by atoms with van der Waals surface area (Å²) < 4.78 is 0. The summed E-state index contributed by atoms with van der Waals surface area (Å²) in [5.41, 5.74) is 4.44. The van der Waals surface area contributed by atoms with Gasteiger partial charge in [-0.1, -0.05) is 42.5 Å². The van der Waals surface area contributed by atoms with Crippen molar-refractivity contribution < 1.29 is 9.90 Å². The largest absolute Gasteiger partial charge is 0.508 e. The molecule has 0 unspecified atom stereocenters. The number of benzene rings is 2. The molecule has 0 saturated heterocycles. The lowest BCUT2D eigenvalue weighted by atomic mass is 10.00. The van der Waals surface area contributed by atoms with E-state index in [1.165, 1.54) is 0 Å². The van der Waals surface area contributed by atoms with E-state index in [4.69, 9.17) is 0 Å². The van der Waals surface area contributed by atoms with Crippen molar-refractivity contribution in [3.8, 4) is 16.9 Å². The molecule has 0 radical (unpaired) electrons. The van der Waals surface area contributed by atoms with Gasteiger partial charge in [-0.05, 0) is 53.3 Å². The molecule has 0 atom stereocenters. The number of carbonyl (C=O) groups is 1. The zero-order chi connectivity index (χ0) is 17.5. The van der Waals surface area contributed by atoms with Crippen LogP contribution in [-0.2, 0) is 17.6 Å². The molecule has 0 aliphatic heterocycles. The van der Waals surface area contributed by atoms with E-state index in [0.29, 0.717) is 12.8 Å². The van der Waals surface area contributed by atoms with E-state index in [2.05, 4.69) is 29.2 Å². The number of aromatic nitrogens is 1. The van der Waals surface area contributed by atoms with Crippen molar-refractivity contribution in [2.45, 2.75) is 25.7 Å². The Morgan fingerprint density at radius 2 is 1.40 bits per heavy atom. The molecule has 3 rings (SSSR count). The summed E-state index contributed by atoms with van der Waals surface area (Å²) >= 11 is 0. The second-order valence-electron chi connectivity index (χ2n) is 6.14. The van der Waals surface area contributed by atoms with E-state index in [1.807, 2.05) is 30.5 Å². The Kier molecular flexibility index (Phi) is 5.57. The third-order valence-corrected chi connectivity index (χ3v) is 4.26. The zero-order valence-electron chi connectivity index (χ0n) is 14.1. The molecule has 0 saturated carbocycles. The topological polar surface area (TPSA) is 50.2 Å². The molecular formula is C22H21NO2. The first-order chi connectivity index (χ1) is 12.2. The van der Waals surface area contributed by atoms with Crippen LogP contribution in [0.25, 0.3) is 11.1 Å². The number of phenolic OH excluding ortho intramolecular Hbond substituents is 1. The van der Waals surface area contributed by atoms with Gasteiger partial charge in [0.1, 0.15) is 11.5 Å². The number of carbonyl (C=O) groups excluding carboxylic acids is 1. The number of rotatable bonds is 7. The average molecular weight is 331 g/mol. The van der Waals surface area contributed by atoms with Crippen LogP contribution in [-0.4, -0.2) is 15.9 Å². The lowest BCUT2D eigenvalue weighted by molar-refractivity contribution is -0.119. The molecule has 0 amide bonds. The first kappa shape index (κ1) is 16.9. The van der Waals surface area contributed by atoms with Crippen molar-refractivity contribution in [2.24, 2.45) is 0 Å². The van der Waals surface area contributed by atoms with Gasteiger partial charge in [0.2, 0.25) is 0 Å². The molecule has 3 nitrogen and oxygen atoms in total. The van der Waals surface area contributed by atoms with Gasteiger partial charge < -0.3 is 5.11 Å². The highest BCUT2D eigenvalue weighted by atomic mass is 16.3. The Morgan fingerprint density at radius 1 is 0.800 bits per heavy atom. The van der Waals surface area contributed by atoms with Crippen molar-refractivity contribution in [3.05, 3.63) is 84.2 Å². The summed E-state index contributed by atoms with van der Waals surface area (Å²) in [4.78, 5) is 16.1. The lowest BCUT2D eigenvalue weighted by Gasteiger charge is -2.05. The smallest absolute Gasteiger partial charge is 0.133 e. The maximum Gasteiger partial charge on any atom is 0.133 e. The lowest BCUT2D eigenvalue weighted by Crippen LogP contribution is -2.02. The predicted molar refractivity (Wildman–Crippen MR) is 99.4 cm³/mol. The summed E-state index contributed by atoms with van der Waals surface area (Å²) in [6.45, 7) is 0. The number of hydrogen-bond acceptors (Lipinski definition) is 3. The summed E-state index contributed by atoms with van der Waals surface area (Å²) in [6, 6.07) is 19.3. The van der Waals surface area contributed by atoms with Crippen molar-refractivity contribution >= 4 is 5.78 Å². The molecule has 0 aliphatic carbocycles. The summed E-state index contributed by atoms with van der Waals surface area (Å²) in [5, 5.41) is 9.35. The standard InChI is InChI=1S/C22H21NO2/c24-21(12-6-18-2-1-15-23-16-18)11-5-17-3-7-19(8-4-17)20-9-13-22(25)14-10-20/h1-4,7-10,13-16,25H,5-6,11-12H2. The highest BCUT2D eigenvalue weighted by Gasteiger charge is 2.05. The molecule has 3 heteroatoms. The van der Waals surface area contributed by atoms with E-state index < -0.39 is 0 Å². The fraction of sp³-hybridized carbons (Fsp3) is 0.182. The minimum atomic E-state index is 0.269. The number of pyridine rings is 1. The number of phenols is 1. The van der Waals surface area contributed by atoms with Gasteiger partial charge in [0, 0.05) is 25.2 Å². The molecular weight excluding hydrogens is 310 g/mol. The first-order valence-corrected chi connectivity index (χ1v) is 8.50. The van der Waals surface area contributed by atoms with E-state index in [1.54, 1.807) is 18.3 Å². The molecule has 0 spiro atoms. The van der Waals surface area contributed by atoms with E-state index in [9.17, 15) is 9.90 Å². The molecule has 1 aromatic heterocycles. The quantitative estimate of drug-likeness (QED) is 0.689. The minimum absolute atomic E-state index is 0.269. The molecule has 1 N–H and O–H groups in total. The number of aromatic hydroxyl groups is 1. The van der Waals surface area contributed by atoms with Crippen LogP contribution >= 0.6 is 0 Å². The monoisotopic (exact) mass is 331 g/mol. The molecule has 126 valence electrons. The molecule has 0 bridgehead atoms. The van der Waals surface area contributed by atoms with E-state index in [0.717, 1.165) is 35.1 Å². The molecule has 1 heterocycles. The second kappa shape index (κ2) is 8.25. The number of hydrogen-bond donors (Lipinski definition) is 1. The predicted octanol–water partition coefficient (Wildman–Crippen LogP) is 4.59.